The van der Waals surface area contributed by atoms with Crippen LogP contribution in [-0.4, -0.2) is 30.8 Å². The molecule has 134 valence electrons. The van der Waals surface area contributed by atoms with Crippen LogP contribution in [0.4, 0.5) is 0 Å². The summed E-state index contributed by atoms with van der Waals surface area (Å²) >= 11 is 0. The van der Waals surface area contributed by atoms with Crippen LogP contribution in [0.15, 0.2) is 40.9 Å². The van der Waals surface area contributed by atoms with Crippen molar-refractivity contribution in [3.05, 3.63) is 42.1 Å². The van der Waals surface area contributed by atoms with Crippen molar-refractivity contribution in [2.45, 2.75) is 44.6 Å². The predicted octanol–water partition coefficient (Wildman–Crippen LogP) is 3.60. The third-order valence-corrected chi connectivity index (χ3v) is 4.87. The molecule has 1 aliphatic rings. The van der Waals surface area contributed by atoms with Crippen LogP contribution in [0.25, 0.3) is 11.3 Å². The molecule has 1 atom stereocenters. The zero-order chi connectivity index (χ0) is 17.5. The van der Waals surface area contributed by atoms with Crippen molar-refractivity contribution in [2.24, 2.45) is 5.92 Å². The number of rotatable bonds is 7. The Hall–Kier alpha value is -2.14. The van der Waals surface area contributed by atoms with Gasteiger partial charge in [0.15, 0.2) is 5.76 Å². The SMILES string of the molecule is COC(=O)C(CNC1CCCCC1)Cc1cc(-c2ccccc2)on1. The molecule has 1 fully saturated rings. The number of aromatic nitrogens is 1. The Morgan fingerprint density at radius 3 is 2.76 bits per heavy atom. The molecule has 2 aromatic rings. The maximum absolute atomic E-state index is 12.1. The molecule has 0 amide bonds. The highest BCUT2D eigenvalue weighted by atomic mass is 16.5. The van der Waals surface area contributed by atoms with Gasteiger partial charge in [-0.2, -0.15) is 0 Å². The van der Waals surface area contributed by atoms with Crippen LogP contribution < -0.4 is 5.32 Å². The van der Waals surface area contributed by atoms with E-state index >= 15 is 0 Å². The van der Waals surface area contributed by atoms with E-state index in [1.54, 1.807) is 0 Å². The Kier molecular flexibility index (Phi) is 6.23. The van der Waals surface area contributed by atoms with Crippen molar-refractivity contribution >= 4 is 5.97 Å². The zero-order valence-corrected chi connectivity index (χ0v) is 14.7. The van der Waals surface area contributed by atoms with Crippen LogP contribution in [0.2, 0.25) is 0 Å². The molecular weight excluding hydrogens is 316 g/mol. The van der Waals surface area contributed by atoms with Crippen molar-refractivity contribution in [1.82, 2.24) is 10.5 Å². The second kappa shape index (κ2) is 8.81. The minimum absolute atomic E-state index is 0.201. The van der Waals surface area contributed by atoms with E-state index < -0.39 is 0 Å². The standard InChI is InChI=1S/C20H26N2O3/c1-24-20(23)16(14-21-17-10-6-3-7-11-17)12-18-13-19(25-22-18)15-8-4-2-5-9-15/h2,4-5,8-9,13,16-17,21H,3,6-7,10-12,14H2,1H3. The summed E-state index contributed by atoms with van der Waals surface area (Å²) in [7, 11) is 1.44. The molecule has 0 radical (unpaired) electrons. The van der Waals surface area contributed by atoms with Crippen LogP contribution >= 0.6 is 0 Å². The number of hydrogen-bond acceptors (Lipinski definition) is 5. The summed E-state index contributed by atoms with van der Waals surface area (Å²) in [6.45, 7) is 0.616. The first-order chi connectivity index (χ1) is 12.3. The van der Waals surface area contributed by atoms with Gasteiger partial charge < -0.3 is 14.6 Å². The van der Waals surface area contributed by atoms with Crippen molar-refractivity contribution in [3.8, 4) is 11.3 Å². The first kappa shape index (κ1) is 17.7. The lowest BCUT2D eigenvalue weighted by Crippen LogP contribution is -2.38. The predicted molar refractivity (Wildman–Crippen MR) is 96.0 cm³/mol. The minimum atomic E-state index is -0.249. The maximum Gasteiger partial charge on any atom is 0.310 e. The van der Waals surface area contributed by atoms with E-state index in [0.29, 0.717) is 19.0 Å². The Balaban J connectivity index is 1.62. The second-order valence-corrected chi connectivity index (χ2v) is 6.72. The van der Waals surface area contributed by atoms with Crippen molar-refractivity contribution in [1.29, 1.82) is 0 Å². The van der Waals surface area contributed by atoms with Gasteiger partial charge >= 0.3 is 5.97 Å². The number of carbonyl (C=O) groups excluding carboxylic acids is 1. The molecule has 1 heterocycles. The summed E-state index contributed by atoms with van der Waals surface area (Å²) < 4.78 is 10.4. The summed E-state index contributed by atoms with van der Waals surface area (Å²) in [5, 5.41) is 7.67. The summed E-state index contributed by atoms with van der Waals surface area (Å²) in [5.41, 5.74) is 1.76. The highest BCUT2D eigenvalue weighted by Crippen LogP contribution is 2.22. The van der Waals surface area contributed by atoms with Crippen LogP contribution in [0, 0.1) is 5.92 Å². The molecular formula is C20H26N2O3. The molecule has 0 saturated heterocycles. The minimum Gasteiger partial charge on any atom is -0.469 e. The fourth-order valence-corrected chi connectivity index (χ4v) is 3.42. The number of esters is 1. The third-order valence-electron chi connectivity index (χ3n) is 4.87. The van der Waals surface area contributed by atoms with Gasteiger partial charge in [0, 0.05) is 30.6 Å². The topological polar surface area (TPSA) is 64.4 Å². The molecule has 1 aromatic heterocycles. The molecule has 0 bridgehead atoms. The quantitative estimate of drug-likeness (QED) is 0.779. The molecule has 1 N–H and O–H groups in total. The molecule has 3 rings (SSSR count). The maximum atomic E-state index is 12.1. The summed E-state index contributed by atoms with van der Waals surface area (Å²) in [6, 6.07) is 12.3. The molecule has 5 heteroatoms. The third kappa shape index (κ3) is 4.92. The van der Waals surface area contributed by atoms with Gasteiger partial charge in [0.25, 0.3) is 0 Å². The average molecular weight is 342 g/mol. The van der Waals surface area contributed by atoms with Crippen LogP contribution in [0.5, 0.6) is 0 Å². The van der Waals surface area contributed by atoms with Gasteiger partial charge in [-0.3, -0.25) is 4.79 Å². The van der Waals surface area contributed by atoms with E-state index in [1.807, 2.05) is 36.4 Å². The van der Waals surface area contributed by atoms with E-state index in [1.165, 1.54) is 39.2 Å². The first-order valence-corrected chi connectivity index (χ1v) is 9.08. The van der Waals surface area contributed by atoms with E-state index in [4.69, 9.17) is 9.26 Å². The van der Waals surface area contributed by atoms with Crippen molar-refractivity contribution in [2.75, 3.05) is 13.7 Å². The van der Waals surface area contributed by atoms with Crippen LogP contribution in [0.3, 0.4) is 0 Å². The molecule has 1 saturated carbocycles. The first-order valence-electron chi connectivity index (χ1n) is 9.08. The summed E-state index contributed by atoms with van der Waals surface area (Å²) in [5.74, 6) is 0.271. The summed E-state index contributed by atoms with van der Waals surface area (Å²) in [4.78, 5) is 12.1. The molecule has 1 aliphatic carbocycles. The Bertz CT molecular complexity index is 663. The fourth-order valence-electron chi connectivity index (χ4n) is 3.42. The molecule has 1 unspecified atom stereocenters. The smallest absolute Gasteiger partial charge is 0.310 e. The Labute approximate surface area is 148 Å². The lowest BCUT2D eigenvalue weighted by Gasteiger charge is -2.24. The van der Waals surface area contributed by atoms with Crippen molar-refractivity contribution in [3.63, 3.8) is 0 Å². The number of benzene rings is 1. The van der Waals surface area contributed by atoms with Gasteiger partial charge in [-0.15, -0.1) is 0 Å². The Morgan fingerprint density at radius 2 is 2.04 bits per heavy atom. The normalized spacial score (nSPS) is 16.5. The number of carbonyl (C=O) groups is 1. The highest BCUT2D eigenvalue weighted by Gasteiger charge is 2.23. The average Bonchev–Trinajstić information content (AvgIpc) is 3.14. The number of nitrogens with one attached hydrogen (secondary N) is 1. The van der Waals surface area contributed by atoms with Gasteiger partial charge in [-0.1, -0.05) is 54.8 Å². The van der Waals surface area contributed by atoms with Gasteiger partial charge in [0.05, 0.1) is 18.7 Å². The zero-order valence-electron chi connectivity index (χ0n) is 14.7. The lowest BCUT2D eigenvalue weighted by molar-refractivity contribution is -0.145. The number of hydrogen-bond donors (Lipinski definition) is 1. The molecule has 1 aromatic carbocycles. The molecule has 25 heavy (non-hydrogen) atoms. The van der Waals surface area contributed by atoms with Crippen LogP contribution in [0.1, 0.15) is 37.8 Å². The molecule has 5 nitrogen and oxygen atoms in total. The molecule has 0 spiro atoms. The second-order valence-electron chi connectivity index (χ2n) is 6.72. The van der Waals surface area contributed by atoms with Crippen molar-refractivity contribution < 1.29 is 14.1 Å². The van der Waals surface area contributed by atoms with Gasteiger partial charge in [-0.05, 0) is 12.8 Å². The van der Waals surface area contributed by atoms with E-state index in [0.717, 1.165) is 17.0 Å². The number of ether oxygens (including phenoxy) is 1. The van der Waals surface area contributed by atoms with Crippen LogP contribution in [-0.2, 0) is 16.0 Å². The summed E-state index contributed by atoms with van der Waals surface area (Å²) in [6.07, 6.45) is 6.75. The fraction of sp³-hybridized carbons (Fsp3) is 0.500. The van der Waals surface area contributed by atoms with Gasteiger partial charge in [0.2, 0.25) is 0 Å². The lowest BCUT2D eigenvalue weighted by atomic mass is 9.94. The highest BCUT2D eigenvalue weighted by molar-refractivity contribution is 5.73. The van der Waals surface area contributed by atoms with Gasteiger partial charge in [0.1, 0.15) is 0 Å². The van der Waals surface area contributed by atoms with Gasteiger partial charge in [-0.25, -0.2) is 0 Å². The Morgan fingerprint density at radius 1 is 1.28 bits per heavy atom. The van der Waals surface area contributed by atoms with E-state index in [9.17, 15) is 4.79 Å². The van der Waals surface area contributed by atoms with E-state index in [-0.39, 0.29) is 11.9 Å². The largest absolute Gasteiger partial charge is 0.469 e. The molecule has 0 aliphatic heterocycles. The van der Waals surface area contributed by atoms with E-state index in [2.05, 4.69) is 10.5 Å². The monoisotopic (exact) mass is 342 g/mol. The number of nitrogens with zero attached hydrogens (tertiary/aromatic N) is 1. The number of methoxy groups -OCH3 is 1.